The molecule has 1 aromatic heterocycles. The predicted molar refractivity (Wildman–Crippen MR) is 64.2 cm³/mol. The minimum absolute atomic E-state index is 0.250. The summed E-state index contributed by atoms with van der Waals surface area (Å²) in [6.07, 6.45) is 7.33. The number of nitrogens with one attached hydrogen (secondary N) is 1. The second kappa shape index (κ2) is 8.19. The van der Waals surface area contributed by atoms with Crippen molar-refractivity contribution in [3.63, 3.8) is 0 Å². The van der Waals surface area contributed by atoms with Crippen LogP contribution in [0.25, 0.3) is 0 Å². The van der Waals surface area contributed by atoms with E-state index in [2.05, 4.69) is 29.1 Å². The van der Waals surface area contributed by atoms with E-state index in [0.29, 0.717) is 0 Å². The van der Waals surface area contributed by atoms with Crippen LogP contribution in [0.5, 0.6) is 0 Å². The van der Waals surface area contributed by atoms with Crippen molar-refractivity contribution in [1.82, 2.24) is 15.3 Å². The zero-order valence-electron chi connectivity index (χ0n) is 10.1. The summed E-state index contributed by atoms with van der Waals surface area (Å²) in [6.45, 7) is 6.85. The van der Waals surface area contributed by atoms with E-state index in [-0.39, 0.29) is 6.04 Å². The Hall–Kier alpha value is -1.00. The first-order valence-corrected chi connectivity index (χ1v) is 5.91. The minimum atomic E-state index is 0.250. The first-order valence-electron chi connectivity index (χ1n) is 5.91. The number of hydrogen-bond donors (Lipinski definition) is 1. The highest BCUT2D eigenvalue weighted by Gasteiger charge is 2.04. The van der Waals surface area contributed by atoms with E-state index in [1.165, 1.54) is 0 Å². The third-order valence-corrected chi connectivity index (χ3v) is 2.29. The maximum Gasteiger partial charge on any atom is 0.0753 e. The highest BCUT2D eigenvalue weighted by Crippen LogP contribution is 2.05. The van der Waals surface area contributed by atoms with E-state index in [0.717, 1.165) is 38.3 Å². The summed E-state index contributed by atoms with van der Waals surface area (Å²) in [7, 11) is 0. The second-order valence-electron chi connectivity index (χ2n) is 3.77. The molecule has 0 aliphatic heterocycles. The van der Waals surface area contributed by atoms with E-state index in [1.54, 1.807) is 18.6 Å². The maximum absolute atomic E-state index is 5.40. The molecule has 0 aliphatic rings. The summed E-state index contributed by atoms with van der Waals surface area (Å²) in [5.41, 5.74) is 0.983. The standard InChI is InChI=1S/C12H21N3O/c1-3-8-16-9-4-5-14-11(2)12-10-13-6-7-15-12/h6-7,10-11,14H,3-5,8-9H2,1-2H3. The molecule has 1 heterocycles. The van der Waals surface area contributed by atoms with Crippen molar-refractivity contribution >= 4 is 0 Å². The third-order valence-electron chi connectivity index (χ3n) is 2.29. The molecule has 0 bridgehead atoms. The molecule has 1 N–H and O–H groups in total. The van der Waals surface area contributed by atoms with Gasteiger partial charge in [-0.05, 0) is 26.3 Å². The van der Waals surface area contributed by atoms with Gasteiger partial charge in [-0.3, -0.25) is 9.97 Å². The van der Waals surface area contributed by atoms with Crippen LogP contribution in [0.15, 0.2) is 18.6 Å². The fourth-order valence-electron chi connectivity index (χ4n) is 1.38. The lowest BCUT2D eigenvalue weighted by Gasteiger charge is -2.12. The highest BCUT2D eigenvalue weighted by molar-refractivity contribution is 5.00. The van der Waals surface area contributed by atoms with Crippen LogP contribution in [0.2, 0.25) is 0 Å². The molecule has 0 spiro atoms. The molecule has 16 heavy (non-hydrogen) atoms. The van der Waals surface area contributed by atoms with E-state index < -0.39 is 0 Å². The molecule has 0 aliphatic carbocycles. The Balaban J connectivity index is 2.09. The molecule has 0 fully saturated rings. The lowest BCUT2D eigenvalue weighted by Crippen LogP contribution is -2.21. The third kappa shape index (κ3) is 5.19. The van der Waals surface area contributed by atoms with Gasteiger partial charge in [-0.25, -0.2) is 0 Å². The fourth-order valence-corrected chi connectivity index (χ4v) is 1.38. The Morgan fingerprint density at radius 3 is 2.94 bits per heavy atom. The van der Waals surface area contributed by atoms with Crippen LogP contribution >= 0.6 is 0 Å². The normalized spacial score (nSPS) is 12.6. The van der Waals surface area contributed by atoms with Crippen molar-refractivity contribution in [2.45, 2.75) is 32.7 Å². The Morgan fingerprint density at radius 1 is 1.38 bits per heavy atom. The molecule has 1 unspecified atom stereocenters. The van der Waals surface area contributed by atoms with Gasteiger partial charge in [0, 0.05) is 37.8 Å². The Morgan fingerprint density at radius 2 is 2.25 bits per heavy atom. The Kier molecular flexibility index (Phi) is 6.69. The maximum atomic E-state index is 5.40. The molecule has 0 saturated carbocycles. The minimum Gasteiger partial charge on any atom is -0.381 e. The van der Waals surface area contributed by atoms with Crippen molar-refractivity contribution in [2.75, 3.05) is 19.8 Å². The number of rotatable bonds is 8. The van der Waals surface area contributed by atoms with Gasteiger partial charge in [0.15, 0.2) is 0 Å². The van der Waals surface area contributed by atoms with Crippen LogP contribution in [-0.4, -0.2) is 29.7 Å². The van der Waals surface area contributed by atoms with Crippen LogP contribution in [0.3, 0.4) is 0 Å². The summed E-state index contributed by atoms with van der Waals surface area (Å²) >= 11 is 0. The fraction of sp³-hybridized carbons (Fsp3) is 0.667. The molecule has 0 saturated heterocycles. The molecule has 4 heteroatoms. The largest absolute Gasteiger partial charge is 0.381 e. The van der Waals surface area contributed by atoms with Crippen LogP contribution in [0.1, 0.15) is 38.4 Å². The van der Waals surface area contributed by atoms with E-state index in [9.17, 15) is 0 Å². The SMILES string of the molecule is CCCOCCCNC(C)c1cnccn1. The van der Waals surface area contributed by atoms with Crippen molar-refractivity contribution < 1.29 is 4.74 Å². The van der Waals surface area contributed by atoms with E-state index >= 15 is 0 Å². The van der Waals surface area contributed by atoms with Crippen LogP contribution in [0, 0.1) is 0 Å². The zero-order chi connectivity index (χ0) is 11.6. The molecule has 1 rings (SSSR count). The number of nitrogens with zero attached hydrogens (tertiary/aromatic N) is 2. The Labute approximate surface area is 97.5 Å². The molecule has 90 valence electrons. The summed E-state index contributed by atoms with van der Waals surface area (Å²) in [4.78, 5) is 8.30. The molecule has 0 aromatic carbocycles. The molecule has 4 nitrogen and oxygen atoms in total. The van der Waals surface area contributed by atoms with Crippen LogP contribution < -0.4 is 5.32 Å². The predicted octanol–water partition coefficient (Wildman–Crippen LogP) is 1.94. The zero-order valence-corrected chi connectivity index (χ0v) is 10.1. The average Bonchev–Trinajstić information content (AvgIpc) is 2.34. The van der Waals surface area contributed by atoms with Gasteiger partial charge >= 0.3 is 0 Å². The lowest BCUT2D eigenvalue weighted by molar-refractivity contribution is 0.131. The second-order valence-corrected chi connectivity index (χ2v) is 3.77. The molecule has 1 atom stereocenters. The van der Waals surface area contributed by atoms with Gasteiger partial charge in [0.05, 0.1) is 5.69 Å². The molecule has 0 radical (unpaired) electrons. The average molecular weight is 223 g/mol. The number of ether oxygens (including phenoxy) is 1. The molecular weight excluding hydrogens is 202 g/mol. The number of hydrogen-bond acceptors (Lipinski definition) is 4. The summed E-state index contributed by atoms with van der Waals surface area (Å²) in [5.74, 6) is 0. The van der Waals surface area contributed by atoms with Crippen molar-refractivity contribution in [2.24, 2.45) is 0 Å². The topological polar surface area (TPSA) is 47.0 Å². The van der Waals surface area contributed by atoms with Crippen molar-refractivity contribution in [1.29, 1.82) is 0 Å². The van der Waals surface area contributed by atoms with E-state index in [4.69, 9.17) is 4.74 Å². The van der Waals surface area contributed by atoms with Crippen LogP contribution in [-0.2, 0) is 4.74 Å². The lowest BCUT2D eigenvalue weighted by atomic mass is 10.2. The van der Waals surface area contributed by atoms with Gasteiger partial charge in [-0.1, -0.05) is 6.92 Å². The van der Waals surface area contributed by atoms with Gasteiger partial charge < -0.3 is 10.1 Å². The summed E-state index contributed by atoms with van der Waals surface area (Å²) in [5, 5.41) is 3.39. The van der Waals surface area contributed by atoms with Gasteiger partial charge in [0.2, 0.25) is 0 Å². The first kappa shape index (κ1) is 13.1. The van der Waals surface area contributed by atoms with Gasteiger partial charge in [0.1, 0.15) is 0 Å². The molecule has 0 amide bonds. The highest BCUT2D eigenvalue weighted by atomic mass is 16.5. The van der Waals surface area contributed by atoms with Gasteiger partial charge in [-0.15, -0.1) is 0 Å². The summed E-state index contributed by atoms with van der Waals surface area (Å²) < 4.78 is 5.40. The number of aromatic nitrogens is 2. The van der Waals surface area contributed by atoms with Crippen LogP contribution in [0.4, 0.5) is 0 Å². The van der Waals surface area contributed by atoms with E-state index in [1.807, 2.05) is 0 Å². The Bertz CT molecular complexity index is 266. The van der Waals surface area contributed by atoms with Gasteiger partial charge in [0.25, 0.3) is 0 Å². The van der Waals surface area contributed by atoms with Crippen molar-refractivity contribution in [3.05, 3.63) is 24.3 Å². The first-order chi connectivity index (χ1) is 7.84. The monoisotopic (exact) mass is 223 g/mol. The smallest absolute Gasteiger partial charge is 0.0753 e. The molecule has 1 aromatic rings. The van der Waals surface area contributed by atoms with Crippen molar-refractivity contribution in [3.8, 4) is 0 Å². The summed E-state index contributed by atoms with van der Waals surface area (Å²) in [6, 6.07) is 0.250. The quantitative estimate of drug-likeness (QED) is 0.684. The van der Waals surface area contributed by atoms with Gasteiger partial charge in [-0.2, -0.15) is 0 Å². The molecular formula is C12H21N3O.